The number of carbonyl (C=O) groups excluding carboxylic acids is 1. The van der Waals surface area contributed by atoms with E-state index in [-0.39, 0.29) is 6.61 Å². The van der Waals surface area contributed by atoms with Crippen molar-refractivity contribution in [3.63, 3.8) is 0 Å². The van der Waals surface area contributed by atoms with Crippen molar-refractivity contribution >= 4 is 17.3 Å². The van der Waals surface area contributed by atoms with Crippen LogP contribution in [0.5, 0.6) is 0 Å². The summed E-state index contributed by atoms with van der Waals surface area (Å²) in [4.78, 5) is 13.5. The largest absolute Gasteiger partial charge is 0.465 e. The van der Waals surface area contributed by atoms with E-state index in [1.807, 2.05) is 6.92 Å². The minimum absolute atomic E-state index is 0.130. The van der Waals surface area contributed by atoms with Crippen LogP contribution in [-0.4, -0.2) is 25.3 Å². The van der Waals surface area contributed by atoms with Gasteiger partial charge in [0.05, 0.1) is 13.2 Å². The molecule has 0 spiro atoms. The molecule has 1 aromatic heterocycles. The highest BCUT2D eigenvalue weighted by atomic mass is 32.1. The molecule has 0 saturated carbocycles. The monoisotopic (exact) mass is 295 g/mol. The first-order chi connectivity index (χ1) is 8.74. The van der Waals surface area contributed by atoms with Gasteiger partial charge in [0.25, 0.3) is 0 Å². The number of hydrogen-bond acceptors (Lipinski definition) is 4. The smallest absolute Gasteiger partial charge is 0.401 e. The van der Waals surface area contributed by atoms with Gasteiger partial charge in [0.15, 0.2) is 0 Å². The maximum atomic E-state index is 12.3. The normalized spacial score (nSPS) is 13.4. The predicted octanol–water partition coefficient (Wildman–Crippen LogP) is 3.12. The quantitative estimate of drug-likeness (QED) is 0.848. The minimum Gasteiger partial charge on any atom is -0.465 e. The van der Waals surface area contributed by atoms with Crippen molar-refractivity contribution in [2.24, 2.45) is 0 Å². The molecule has 1 heterocycles. The number of nitrogens with one attached hydrogen (secondary N) is 1. The summed E-state index contributed by atoms with van der Waals surface area (Å²) in [7, 11) is 0. The Morgan fingerprint density at radius 3 is 2.53 bits per heavy atom. The Morgan fingerprint density at radius 2 is 2.11 bits per heavy atom. The highest BCUT2D eigenvalue weighted by Gasteiger charge is 2.32. The van der Waals surface area contributed by atoms with Gasteiger partial charge in [-0.05, 0) is 32.4 Å². The number of halogens is 3. The van der Waals surface area contributed by atoms with E-state index in [4.69, 9.17) is 4.74 Å². The molecule has 0 aliphatic heterocycles. The molecule has 3 nitrogen and oxygen atoms in total. The molecule has 0 aliphatic rings. The van der Waals surface area contributed by atoms with Crippen molar-refractivity contribution in [1.82, 2.24) is 5.32 Å². The Bertz CT molecular complexity index is 443. The van der Waals surface area contributed by atoms with Crippen LogP contribution < -0.4 is 5.32 Å². The molecule has 19 heavy (non-hydrogen) atoms. The lowest BCUT2D eigenvalue weighted by Crippen LogP contribution is -2.37. The maximum absolute atomic E-state index is 12.3. The first-order valence-electron chi connectivity index (χ1n) is 5.78. The Kier molecular flexibility index (Phi) is 5.37. The zero-order chi connectivity index (χ0) is 14.6. The van der Waals surface area contributed by atoms with Gasteiger partial charge in [-0.15, -0.1) is 11.3 Å². The van der Waals surface area contributed by atoms with Crippen LogP contribution in [0.4, 0.5) is 13.2 Å². The fourth-order valence-corrected chi connectivity index (χ4v) is 2.66. The molecule has 0 amide bonds. The molecule has 1 aromatic rings. The zero-order valence-electron chi connectivity index (χ0n) is 10.9. The first-order valence-corrected chi connectivity index (χ1v) is 6.60. The molecule has 0 fully saturated rings. The Balaban J connectivity index is 2.92. The second kappa shape index (κ2) is 6.38. The van der Waals surface area contributed by atoms with Crippen molar-refractivity contribution in [2.45, 2.75) is 33.0 Å². The summed E-state index contributed by atoms with van der Waals surface area (Å²) < 4.78 is 41.6. The van der Waals surface area contributed by atoms with E-state index in [0.717, 1.165) is 9.75 Å². The summed E-state index contributed by atoms with van der Waals surface area (Å²) in [5.41, 5.74) is 0.546. The summed E-state index contributed by atoms with van der Waals surface area (Å²) in [6.45, 7) is 4.13. The van der Waals surface area contributed by atoms with Gasteiger partial charge in [0.2, 0.25) is 0 Å². The van der Waals surface area contributed by atoms with E-state index < -0.39 is 24.7 Å². The molecule has 1 N–H and O–H groups in total. The number of carbonyl (C=O) groups is 1. The molecule has 0 aliphatic carbocycles. The fourth-order valence-electron chi connectivity index (χ4n) is 1.70. The minimum atomic E-state index is -4.37. The first kappa shape index (κ1) is 16.0. The molecular weight excluding hydrogens is 279 g/mol. The zero-order valence-corrected chi connectivity index (χ0v) is 11.7. The van der Waals surface area contributed by atoms with Gasteiger partial charge in [-0.25, -0.2) is 4.79 Å². The topological polar surface area (TPSA) is 38.3 Å². The standard InChI is InChI=1S/C12H16F3NO2S/c1-4-18-11(17)10(16-6-12(13,14)15)9-5-7(2)19-8(9)3/h5,10,16H,4,6H2,1-3H3. The van der Waals surface area contributed by atoms with E-state index in [9.17, 15) is 18.0 Å². The van der Waals surface area contributed by atoms with Crippen LogP contribution in [0, 0.1) is 13.8 Å². The van der Waals surface area contributed by atoms with E-state index in [1.54, 1.807) is 19.9 Å². The lowest BCUT2D eigenvalue weighted by atomic mass is 10.1. The van der Waals surface area contributed by atoms with Crippen LogP contribution in [0.15, 0.2) is 6.07 Å². The summed E-state index contributed by atoms with van der Waals surface area (Å²) in [6.07, 6.45) is -4.37. The van der Waals surface area contributed by atoms with E-state index >= 15 is 0 Å². The van der Waals surface area contributed by atoms with Gasteiger partial charge in [-0.1, -0.05) is 0 Å². The number of hydrogen-bond donors (Lipinski definition) is 1. The number of alkyl halides is 3. The average Bonchev–Trinajstić information content (AvgIpc) is 2.57. The molecule has 0 bridgehead atoms. The molecule has 1 atom stereocenters. The van der Waals surface area contributed by atoms with Crippen molar-refractivity contribution in [2.75, 3.05) is 13.2 Å². The number of aryl methyl sites for hydroxylation is 2. The van der Waals surface area contributed by atoms with Gasteiger partial charge in [0.1, 0.15) is 6.04 Å². The van der Waals surface area contributed by atoms with Gasteiger partial charge in [0, 0.05) is 9.75 Å². The van der Waals surface area contributed by atoms with Crippen molar-refractivity contribution in [3.8, 4) is 0 Å². The second-order valence-electron chi connectivity index (χ2n) is 4.05. The molecule has 0 aromatic carbocycles. The van der Waals surface area contributed by atoms with Crippen LogP contribution >= 0.6 is 11.3 Å². The molecule has 7 heteroatoms. The van der Waals surface area contributed by atoms with Crippen LogP contribution in [0.3, 0.4) is 0 Å². The number of thiophene rings is 1. The molecule has 108 valence electrons. The van der Waals surface area contributed by atoms with E-state index in [0.29, 0.717) is 5.56 Å². The van der Waals surface area contributed by atoms with Crippen molar-refractivity contribution in [3.05, 3.63) is 21.4 Å². The lowest BCUT2D eigenvalue weighted by Gasteiger charge is -2.18. The Hall–Kier alpha value is -1.08. The molecule has 1 unspecified atom stereocenters. The molecular formula is C12H16F3NO2S. The fraction of sp³-hybridized carbons (Fsp3) is 0.583. The van der Waals surface area contributed by atoms with Crippen LogP contribution in [-0.2, 0) is 9.53 Å². The van der Waals surface area contributed by atoms with Gasteiger partial charge >= 0.3 is 12.1 Å². The lowest BCUT2D eigenvalue weighted by molar-refractivity contribution is -0.149. The van der Waals surface area contributed by atoms with Gasteiger partial charge < -0.3 is 4.74 Å². The number of rotatable bonds is 5. The van der Waals surface area contributed by atoms with Crippen LogP contribution in [0.2, 0.25) is 0 Å². The maximum Gasteiger partial charge on any atom is 0.401 e. The number of esters is 1. The highest BCUT2D eigenvalue weighted by molar-refractivity contribution is 7.12. The van der Waals surface area contributed by atoms with E-state index in [2.05, 4.69) is 5.32 Å². The second-order valence-corrected chi connectivity index (χ2v) is 5.51. The molecule has 0 radical (unpaired) electrons. The Labute approximate surface area is 113 Å². The van der Waals surface area contributed by atoms with Gasteiger partial charge in [-0.2, -0.15) is 13.2 Å². The molecule has 0 saturated heterocycles. The predicted molar refractivity (Wildman–Crippen MR) is 67.2 cm³/mol. The van der Waals surface area contributed by atoms with Crippen molar-refractivity contribution in [1.29, 1.82) is 0 Å². The Morgan fingerprint density at radius 1 is 1.47 bits per heavy atom. The summed E-state index contributed by atoms with van der Waals surface area (Å²) >= 11 is 1.44. The van der Waals surface area contributed by atoms with Crippen molar-refractivity contribution < 1.29 is 22.7 Å². The average molecular weight is 295 g/mol. The van der Waals surface area contributed by atoms with Gasteiger partial charge in [-0.3, -0.25) is 5.32 Å². The van der Waals surface area contributed by atoms with Crippen LogP contribution in [0.1, 0.15) is 28.3 Å². The van der Waals surface area contributed by atoms with Crippen LogP contribution in [0.25, 0.3) is 0 Å². The third kappa shape index (κ3) is 4.83. The van der Waals surface area contributed by atoms with E-state index in [1.165, 1.54) is 11.3 Å². The third-order valence-electron chi connectivity index (χ3n) is 2.42. The third-order valence-corrected chi connectivity index (χ3v) is 3.40. The highest BCUT2D eigenvalue weighted by Crippen LogP contribution is 2.28. The summed E-state index contributed by atoms with van der Waals surface area (Å²) in [5.74, 6) is -0.687. The SMILES string of the molecule is CCOC(=O)C(NCC(F)(F)F)c1cc(C)sc1C. The summed E-state index contributed by atoms with van der Waals surface area (Å²) in [5, 5.41) is 2.22. The molecule has 1 rings (SSSR count). The summed E-state index contributed by atoms with van der Waals surface area (Å²) in [6, 6.07) is 0.636. The number of ether oxygens (including phenoxy) is 1.